The molecule has 1 aliphatic rings. The molecule has 27 heavy (non-hydrogen) atoms. The van der Waals surface area contributed by atoms with Gasteiger partial charge in [-0.2, -0.15) is 5.10 Å². The molecule has 136 valence electrons. The zero-order chi connectivity index (χ0) is 18.9. The number of rotatable bonds is 4. The minimum atomic E-state index is -0.456. The van der Waals surface area contributed by atoms with Crippen LogP contribution in [0.3, 0.4) is 0 Å². The third-order valence-electron chi connectivity index (χ3n) is 4.97. The highest BCUT2D eigenvalue weighted by Crippen LogP contribution is 2.45. The summed E-state index contributed by atoms with van der Waals surface area (Å²) in [5.74, 6) is 0.596. The largest absolute Gasteiger partial charge is 0.576 e. The Balaban J connectivity index is 1.61. The molecule has 0 unspecified atom stereocenters. The standard InChI is InChI=1S/C18H18N8O/c19-16(25-15(27)14-23-10-24-26-14)18(6-1-7-18)13-4-2-11(3-5-13)12-8-21-17(20)22-9-12/h2-5,8-10H,1,6-7H2,(H2,19,25,27)(H2,20,21,22)(H,23,24,26)/p+1. The lowest BCUT2D eigenvalue weighted by Crippen LogP contribution is -2.41. The molecule has 0 saturated heterocycles. The van der Waals surface area contributed by atoms with Crippen LogP contribution in [0.15, 0.2) is 48.0 Å². The van der Waals surface area contributed by atoms with E-state index in [1.807, 2.05) is 24.3 Å². The SMILES string of the molecule is N=C(N=C([OH2+])c1ncn[nH]1)C1(c2ccc(-c3cnc(N)nc3)cc2)CCC1. The number of aromatic amines is 1. The molecule has 0 radical (unpaired) electrons. The van der Waals surface area contributed by atoms with Gasteiger partial charge >= 0.3 is 5.90 Å². The first kappa shape index (κ1) is 16.8. The quantitative estimate of drug-likeness (QED) is 0.363. The maximum atomic E-state index is 8.50. The van der Waals surface area contributed by atoms with Crippen molar-refractivity contribution in [3.63, 3.8) is 0 Å². The van der Waals surface area contributed by atoms with E-state index in [0.717, 1.165) is 36.0 Å². The maximum Gasteiger partial charge on any atom is 0.404 e. The van der Waals surface area contributed by atoms with E-state index in [-0.39, 0.29) is 23.5 Å². The fraction of sp³-hybridized carbons (Fsp3) is 0.222. The molecule has 0 spiro atoms. The van der Waals surface area contributed by atoms with E-state index in [1.165, 1.54) is 6.33 Å². The molecule has 9 heteroatoms. The fourth-order valence-electron chi connectivity index (χ4n) is 3.25. The lowest BCUT2D eigenvalue weighted by molar-refractivity contribution is 0.336. The van der Waals surface area contributed by atoms with Gasteiger partial charge in [0.05, 0.1) is 5.41 Å². The predicted octanol–water partition coefficient (Wildman–Crippen LogP) is 1.41. The van der Waals surface area contributed by atoms with Crippen molar-refractivity contribution in [2.45, 2.75) is 24.7 Å². The van der Waals surface area contributed by atoms with E-state index in [0.29, 0.717) is 0 Å². The minimum Gasteiger partial charge on any atom is -0.576 e. The molecule has 0 bridgehead atoms. The van der Waals surface area contributed by atoms with Gasteiger partial charge in [-0.15, -0.1) is 4.99 Å². The number of nitrogens with zero attached hydrogens (tertiary/aromatic N) is 5. The monoisotopic (exact) mass is 363 g/mol. The molecule has 3 aromatic rings. The summed E-state index contributed by atoms with van der Waals surface area (Å²) >= 11 is 0. The Labute approximate surface area is 155 Å². The maximum absolute atomic E-state index is 8.50. The molecule has 4 rings (SSSR count). The number of aromatic nitrogens is 5. The van der Waals surface area contributed by atoms with Gasteiger partial charge in [0.1, 0.15) is 12.2 Å². The molecule has 9 nitrogen and oxygen atoms in total. The average molecular weight is 363 g/mol. The van der Waals surface area contributed by atoms with E-state index < -0.39 is 5.41 Å². The molecular formula is C18H19N8O+. The van der Waals surface area contributed by atoms with Crippen LogP contribution in [0.2, 0.25) is 0 Å². The van der Waals surface area contributed by atoms with E-state index >= 15 is 0 Å². The van der Waals surface area contributed by atoms with Gasteiger partial charge in [0.2, 0.25) is 5.95 Å². The Kier molecular flexibility index (Phi) is 4.11. The Hall–Kier alpha value is -3.62. The van der Waals surface area contributed by atoms with Crippen molar-refractivity contribution < 1.29 is 5.11 Å². The van der Waals surface area contributed by atoms with Gasteiger partial charge in [0.25, 0.3) is 5.82 Å². The summed E-state index contributed by atoms with van der Waals surface area (Å²) < 4.78 is 0. The number of benzene rings is 1. The van der Waals surface area contributed by atoms with Crippen molar-refractivity contribution in [2.24, 2.45) is 4.99 Å². The van der Waals surface area contributed by atoms with E-state index in [9.17, 15) is 0 Å². The van der Waals surface area contributed by atoms with E-state index in [1.54, 1.807) is 12.4 Å². The van der Waals surface area contributed by atoms with Crippen LogP contribution in [0, 0.1) is 5.41 Å². The molecule has 2 aromatic heterocycles. The second kappa shape index (κ2) is 6.60. The van der Waals surface area contributed by atoms with Gasteiger partial charge in [-0.1, -0.05) is 30.7 Å². The zero-order valence-electron chi connectivity index (χ0n) is 14.5. The summed E-state index contributed by atoms with van der Waals surface area (Å²) in [7, 11) is 0. The summed E-state index contributed by atoms with van der Waals surface area (Å²) in [6, 6.07) is 7.98. The Morgan fingerprint density at radius 1 is 1.11 bits per heavy atom. The fourth-order valence-corrected chi connectivity index (χ4v) is 3.25. The van der Waals surface area contributed by atoms with Crippen molar-refractivity contribution in [3.8, 4) is 11.1 Å². The Bertz CT molecular complexity index is 973. The van der Waals surface area contributed by atoms with Gasteiger partial charge < -0.3 is 10.8 Å². The Morgan fingerprint density at radius 2 is 1.81 bits per heavy atom. The average Bonchev–Trinajstić information content (AvgIpc) is 3.17. The first-order valence-electron chi connectivity index (χ1n) is 8.52. The van der Waals surface area contributed by atoms with Crippen molar-refractivity contribution in [2.75, 3.05) is 5.73 Å². The van der Waals surface area contributed by atoms with Crippen molar-refractivity contribution in [1.29, 1.82) is 5.41 Å². The summed E-state index contributed by atoms with van der Waals surface area (Å²) in [6.45, 7) is 0. The number of amidine groups is 1. The summed E-state index contributed by atoms with van der Waals surface area (Å²) in [4.78, 5) is 16.1. The smallest absolute Gasteiger partial charge is 0.404 e. The number of hydrogen-bond donors (Lipinski definition) is 3. The van der Waals surface area contributed by atoms with Crippen LogP contribution in [0.4, 0.5) is 5.95 Å². The molecular weight excluding hydrogens is 344 g/mol. The van der Waals surface area contributed by atoms with E-state index in [4.69, 9.17) is 16.2 Å². The number of hydrogen-bond acceptors (Lipinski definition) is 6. The normalized spacial score (nSPS) is 15.9. The van der Waals surface area contributed by atoms with Crippen molar-refractivity contribution in [1.82, 2.24) is 25.1 Å². The Morgan fingerprint density at radius 3 is 2.37 bits per heavy atom. The van der Waals surface area contributed by atoms with Crippen LogP contribution >= 0.6 is 0 Å². The van der Waals surface area contributed by atoms with Crippen LogP contribution in [-0.2, 0) is 5.41 Å². The number of anilines is 1. The molecule has 1 aromatic carbocycles. The predicted molar refractivity (Wildman–Crippen MR) is 102 cm³/mol. The molecule has 1 saturated carbocycles. The number of nitrogens with two attached hydrogens (primary N) is 1. The van der Waals surface area contributed by atoms with Crippen LogP contribution in [0.5, 0.6) is 0 Å². The topological polar surface area (TPSA) is 152 Å². The zero-order valence-corrected chi connectivity index (χ0v) is 14.5. The third-order valence-corrected chi connectivity index (χ3v) is 4.97. The van der Waals surface area contributed by atoms with Gasteiger partial charge in [0, 0.05) is 18.0 Å². The first-order valence-corrected chi connectivity index (χ1v) is 8.52. The van der Waals surface area contributed by atoms with Crippen LogP contribution in [-0.4, -0.2) is 42.0 Å². The lowest BCUT2D eigenvalue weighted by atomic mass is 9.63. The molecule has 0 aliphatic heterocycles. The summed E-state index contributed by atoms with van der Waals surface area (Å²) in [5, 5.41) is 22.8. The second-order valence-electron chi connectivity index (χ2n) is 6.49. The van der Waals surface area contributed by atoms with Crippen molar-refractivity contribution in [3.05, 3.63) is 54.4 Å². The number of nitrogen functional groups attached to an aromatic ring is 1. The van der Waals surface area contributed by atoms with E-state index in [2.05, 4.69) is 30.1 Å². The minimum absolute atomic E-state index is 0.0839. The molecule has 0 amide bonds. The summed E-state index contributed by atoms with van der Waals surface area (Å²) in [6.07, 6.45) is 7.40. The molecule has 1 aliphatic carbocycles. The second-order valence-corrected chi connectivity index (χ2v) is 6.49. The van der Waals surface area contributed by atoms with Crippen LogP contribution < -0.4 is 5.73 Å². The van der Waals surface area contributed by atoms with Crippen LogP contribution in [0.25, 0.3) is 11.1 Å². The highest BCUT2D eigenvalue weighted by atomic mass is 16.3. The third kappa shape index (κ3) is 3.03. The van der Waals surface area contributed by atoms with Gasteiger partial charge in [-0.3, -0.25) is 10.5 Å². The van der Waals surface area contributed by atoms with Crippen LogP contribution in [0.1, 0.15) is 30.7 Å². The highest BCUT2D eigenvalue weighted by molar-refractivity contribution is 6.03. The van der Waals surface area contributed by atoms with Gasteiger partial charge in [0.15, 0.2) is 0 Å². The number of H-pyrrole nitrogens is 1. The number of aliphatic imine (C=N–C) groups is 1. The molecule has 0 atom stereocenters. The van der Waals surface area contributed by atoms with Gasteiger partial charge in [-0.25, -0.2) is 15.0 Å². The molecule has 1 fully saturated rings. The van der Waals surface area contributed by atoms with Crippen molar-refractivity contribution >= 4 is 17.7 Å². The highest BCUT2D eigenvalue weighted by Gasteiger charge is 2.43. The molecule has 2 heterocycles. The lowest BCUT2D eigenvalue weighted by Gasteiger charge is -2.41. The first-order chi connectivity index (χ1) is 13.1. The van der Waals surface area contributed by atoms with Gasteiger partial charge in [-0.05, 0) is 24.0 Å². The number of nitrogens with one attached hydrogen (secondary N) is 2. The summed E-state index contributed by atoms with van der Waals surface area (Å²) in [5.41, 5.74) is 7.96. The molecule has 6 N–H and O–H groups in total.